The summed E-state index contributed by atoms with van der Waals surface area (Å²) in [6, 6.07) is 5.28. The van der Waals surface area contributed by atoms with Gasteiger partial charge in [-0.05, 0) is 39.8 Å². The summed E-state index contributed by atoms with van der Waals surface area (Å²) in [5.41, 5.74) is 0.0323. The highest BCUT2D eigenvalue weighted by Gasteiger charge is 2.27. The number of nitrogens with zero attached hydrogens (tertiary/aromatic N) is 3. The second kappa shape index (κ2) is 6.24. The fraction of sp³-hybridized carbons (Fsp3) is 0.500. The zero-order chi connectivity index (χ0) is 15.3. The maximum absolute atomic E-state index is 11.3. The summed E-state index contributed by atoms with van der Waals surface area (Å²) in [4.78, 5) is 16.8. The molecule has 0 aliphatic rings. The number of anilines is 1. The molecule has 0 radical (unpaired) electrons. The number of aromatic nitrogens is 1. The predicted molar refractivity (Wildman–Crippen MR) is 76.5 cm³/mol. The van der Waals surface area contributed by atoms with E-state index in [0.717, 1.165) is 0 Å². The minimum atomic E-state index is -0.945. The van der Waals surface area contributed by atoms with Crippen LogP contribution >= 0.6 is 0 Å². The molecule has 0 bridgehead atoms. The van der Waals surface area contributed by atoms with Crippen molar-refractivity contribution in [3.8, 4) is 6.07 Å². The van der Waals surface area contributed by atoms with Crippen LogP contribution in [0.5, 0.6) is 0 Å². The summed E-state index contributed by atoms with van der Waals surface area (Å²) in [6.45, 7) is 7.80. The van der Waals surface area contributed by atoms with Gasteiger partial charge >= 0.3 is 6.09 Å². The van der Waals surface area contributed by atoms with Gasteiger partial charge < -0.3 is 15.3 Å². The van der Waals surface area contributed by atoms with Crippen LogP contribution in [-0.2, 0) is 0 Å². The van der Waals surface area contributed by atoms with Crippen LogP contribution in [0.2, 0.25) is 0 Å². The summed E-state index contributed by atoms with van der Waals surface area (Å²) >= 11 is 0. The van der Waals surface area contributed by atoms with Crippen molar-refractivity contribution < 1.29 is 9.90 Å². The molecule has 0 aliphatic carbocycles. The predicted octanol–water partition coefficient (Wildman–Crippen LogP) is 2.53. The number of rotatable bonds is 4. The van der Waals surface area contributed by atoms with Gasteiger partial charge in [-0.25, -0.2) is 9.78 Å². The van der Waals surface area contributed by atoms with Crippen molar-refractivity contribution in [1.29, 1.82) is 5.26 Å². The Bertz CT molecular complexity index is 499. The second-order valence-corrected chi connectivity index (χ2v) is 5.65. The third-order valence-electron chi connectivity index (χ3n) is 2.78. The lowest BCUT2D eigenvalue weighted by molar-refractivity contribution is 0.0984. The minimum Gasteiger partial charge on any atom is -0.465 e. The number of hydrogen-bond acceptors (Lipinski definition) is 4. The number of amides is 1. The van der Waals surface area contributed by atoms with Crippen LogP contribution in [0.15, 0.2) is 18.3 Å². The van der Waals surface area contributed by atoms with Gasteiger partial charge in [0, 0.05) is 24.3 Å². The number of nitrogens with one attached hydrogen (secondary N) is 1. The van der Waals surface area contributed by atoms with Gasteiger partial charge in [0.15, 0.2) is 0 Å². The molecule has 108 valence electrons. The molecule has 2 N–H and O–H groups in total. The SMILES string of the molecule is CC(CN(C(=O)O)C(C)(C)C)Nc1ccc(C#N)cn1. The Hall–Kier alpha value is -2.29. The van der Waals surface area contributed by atoms with E-state index in [0.29, 0.717) is 17.9 Å². The molecule has 0 saturated carbocycles. The highest BCUT2D eigenvalue weighted by molar-refractivity contribution is 5.66. The van der Waals surface area contributed by atoms with E-state index in [1.165, 1.54) is 11.1 Å². The molecule has 1 rings (SSSR count). The molecule has 0 spiro atoms. The fourth-order valence-electron chi connectivity index (χ4n) is 1.76. The number of hydrogen-bond donors (Lipinski definition) is 2. The molecule has 1 aromatic rings. The summed E-state index contributed by atoms with van der Waals surface area (Å²) in [6.07, 6.45) is 0.535. The molecule has 6 heteroatoms. The van der Waals surface area contributed by atoms with Gasteiger partial charge in [-0.3, -0.25) is 0 Å². The van der Waals surface area contributed by atoms with E-state index in [9.17, 15) is 9.90 Å². The summed E-state index contributed by atoms with van der Waals surface area (Å²) in [7, 11) is 0. The van der Waals surface area contributed by atoms with Gasteiger partial charge in [-0.2, -0.15) is 5.26 Å². The average Bonchev–Trinajstić information content (AvgIpc) is 2.35. The van der Waals surface area contributed by atoms with E-state index < -0.39 is 11.6 Å². The molecule has 1 atom stereocenters. The number of nitriles is 1. The van der Waals surface area contributed by atoms with Gasteiger partial charge in [0.1, 0.15) is 11.9 Å². The maximum atomic E-state index is 11.3. The molecule has 0 fully saturated rings. The summed E-state index contributed by atoms with van der Waals surface area (Å²) in [5, 5.41) is 21.1. The third-order valence-corrected chi connectivity index (χ3v) is 2.78. The molecule has 1 amide bonds. The van der Waals surface area contributed by atoms with Crippen LogP contribution in [0.4, 0.5) is 10.6 Å². The molecule has 0 saturated heterocycles. The van der Waals surface area contributed by atoms with Crippen LogP contribution < -0.4 is 5.32 Å². The van der Waals surface area contributed by atoms with Crippen molar-refractivity contribution in [1.82, 2.24) is 9.88 Å². The molecule has 1 aromatic heterocycles. The summed E-state index contributed by atoms with van der Waals surface area (Å²) in [5.74, 6) is 0.621. The smallest absolute Gasteiger partial charge is 0.407 e. The van der Waals surface area contributed by atoms with E-state index in [2.05, 4.69) is 10.3 Å². The normalized spacial score (nSPS) is 12.3. The first-order valence-electron chi connectivity index (χ1n) is 6.37. The van der Waals surface area contributed by atoms with E-state index in [1.54, 1.807) is 12.1 Å². The molecule has 0 aliphatic heterocycles. The highest BCUT2D eigenvalue weighted by atomic mass is 16.4. The van der Waals surface area contributed by atoms with Crippen molar-refractivity contribution in [2.24, 2.45) is 0 Å². The molecule has 1 unspecified atom stereocenters. The van der Waals surface area contributed by atoms with Crippen molar-refractivity contribution in [3.63, 3.8) is 0 Å². The molecule has 20 heavy (non-hydrogen) atoms. The van der Waals surface area contributed by atoms with Crippen molar-refractivity contribution in [2.75, 3.05) is 11.9 Å². The molecule has 0 aromatic carbocycles. The topological polar surface area (TPSA) is 89.3 Å². The molecule has 1 heterocycles. The average molecular weight is 276 g/mol. The molecular weight excluding hydrogens is 256 g/mol. The Morgan fingerprint density at radius 1 is 1.55 bits per heavy atom. The van der Waals surface area contributed by atoms with E-state index in [4.69, 9.17) is 5.26 Å². The standard InChI is InChI=1S/C14H20N4O2/c1-10(9-18(13(19)20)14(2,3)4)17-12-6-5-11(7-15)8-16-12/h5-6,8,10H,9H2,1-4H3,(H,16,17)(H,19,20). The quantitative estimate of drug-likeness (QED) is 0.882. The Kier molecular flexibility index (Phi) is 4.92. The lowest BCUT2D eigenvalue weighted by Crippen LogP contribution is -2.49. The van der Waals surface area contributed by atoms with Crippen LogP contribution in [-0.4, -0.2) is 39.2 Å². The fourth-order valence-corrected chi connectivity index (χ4v) is 1.76. The van der Waals surface area contributed by atoms with Crippen LogP contribution in [0.3, 0.4) is 0 Å². The largest absolute Gasteiger partial charge is 0.465 e. The van der Waals surface area contributed by atoms with Crippen molar-refractivity contribution >= 4 is 11.9 Å². The number of carbonyl (C=O) groups is 1. The Balaban J connectivity index is 2.68. The highest BCUT2D eigenvalue weighted by Crippen LogP contribution is 2.15. The Morgan fingerprint density at radius 2 is 2.20 bits per heavy atom. The molecule has 6 nitrogen and oxygen atoms in total. The van der Waals surface area contributed by atoms with E-state index in [-0.39, 0.29) is 6.04 Å². The van der Waals surface area contributed by atoms with Crippen LogP contribution in [0, 0.1) is 11.3 Å². The van der Waals surface area contributed by atoms with Crippen LogP contribution in [0.25, 0.3) is 0 Å². The van der Waals surface area contributed by atoms with Crippen molar-refractivity contribution in [2.45, 2.75) is 39.3 Å². The third kappa shape index (κ3) is 4.43. The first-order valence-corrected chi connectivity index (χ1v) is 6.37. The van der Waals surface area contributed by atoms with E-state index in [1.807, 2.05) is 33.8 Å². The Labute approximate surface area is 119 Å². The summed E-state index contributed by atoms with van der Waals surface area (Å²) < 4.78 is 0. The number of carboxylic acid groups (broad SMARTS) is 1. The van der Waals surface area contributed by atoms with Crippen molar-refractivity contribution in [3.05, 3.63) is 23.9 Å². The van der Waals surface area contributed by atoms with Gasteiger partial charge in [-0.15, -0.1) is 0 Å². The minimum absolute atomic E-state index is 0.0919. The monoisotopic (exact) mass is 276 g/mol. The van der Waals surface area contributed by atoms with Gasteiger partial charge in [0.2, 0.25) is 0 Å². The lowest BCUT2D eigenvalue weighted by Gasteiger charge is -2.35. The van der Waals surface area contributed by atoms with Gasteiger partial charge in [-0.1, -0.05) is 0 Å². The zero-order valence-corrected chi connectivity index (χ0v) is 12.2. The number of pyridine rings is 1. The maximum Gasteiger partial charge on any atom is 0.407 e. The molecular formula is C14H20N4O2. The lowest BCUT2D eigenvalue weighted by atomic mass is 10.1. The first kappa shape index (κ1) is 15.8. The van der Waals surface area contributed by atoms with Crippen LogP contribution in [0.1, 0.15) is 33.3 Å². The second-order valence-electron chi connectivity index (χ2n) is 5.65. The Morgan fingerprint density at radius 3 is 2.60 bits per heavy atom. The first-order chi connectivity index (χ1) is 9.24. The van der Waals surface area contributed by atoms with Gasteiger partial charge in [0.25, 0.3) is 0 Å². The zero-order valence-electron chi connectivity index (χ0n) is 12.2. The van der Waals surface area contributed by atoms with E-state index >= 15 is 0 Å². The van der Waals surface area contributed by atoms with Gasteiger partial charge in [0.05, 0.1) is 5.56 Å².